The Morgan fingerprint density at radius 2 is 1.62 bits per heavy atom. The van der Waals surface area contributed by atoms with E-state index in [2.05, 4.69) is 10.2 Å². The maximum absolute atomic E-state index is 11.0. The van der Waals surface area contributed by atoms with Crippen molar-refractivity contribution in [3.8, 4) is 17.1 Å². The van der Waals surface area contributed by atoms with Crippen LogP contribution in [0.2, 0.25) is 0 Å². The van der Waals surface area contributed by atoms with E-state index in [9.17, 15) is 4.79 Å². The fourth-order valence-electron chi connectivity index (χ4n) is 2.88. The quantitative estimate of drug-likeness (QED) is 0.364. The van der Waals surface area contributed by atoms with E-state index in [1.54, 1.807) is 23.9 Å². The Morgan fingerprint density at radius 1 is 0.931 bits per heavy atom. The molecule has 29 heavy (non-hydrogen) atoms. The molecule has 3 N–H and O–H groups in total. The molecule has 0 unspecified atom stereocenters. The van der Waals surface area contributed by atoms with Crippen molar-refractivity contribution in [2.45, 2.75) is 10.9 Å². The molecule has 144 valence electrons. The predicted molar refractivity (Wildman–Crippen MR) is 114 cm³/mol. The number of hydrogen-bond acceptors (Lipinski definition) is 5. The molecule has 3 aromatic carbocycles. The Bertz CT molecular complexity index is 1120. The number of carbonyl (C=O) groups is 1. The van der Waals surface area contributed by atoms with Crippen LogP contribution < -0.4 is 5.73 Å². The van der Waals surface area contributed by atoms with Gasteiger partial charge in [-0.3, -0.25) is 4.57 Å². The third kappa shape index (κ3) is 4.14. The first-order chi connectivity index (χ1) is 14.1. The van der Waals surface area contributed by atoms with Crippen LogP contribution in [-0.4, -0.2) is 25.8 Å². The first kappa shape index (κ1) is 18.8. The second kappa shape index (κ2) is 8.20. The highest BCUT2D eigenvalue weighted by molar-refractivity contribution is 7.98. The molecular formula is C22H18N4O2S. The van der Waals surface area contributed by atoms with Gasteiger partial charge in [0, 0.05) is 22.7 Å². The van der Waals surface area contributed by atoms with Crippen molar-refractivity contribution in [2.75, 3.05) is 5.73 Å². The van der Waals surface area contributed by atoms with Gasteiger partial charge >= 0.3 is 5.97 Å². The van der Waals surface area contributed by atoms with Gasteiger partial charge < -0.3 is 10.8 Å². The van der Waals surface area contributed by atoms with Gasteiger partial charge in [0.2, 0.25) is 0 Å². The van der Waals surface area contributed by atoms with Gasteiger partial charge in [-0.2, -0.15) is 0 Å². The van der Waals surface area contributed by atoms with Crippen molar-refractivity contribution < 1.29 is 9.90 Å². The number of anilines is 1. The van der Waals surface area contributed by atoms with Crippen LogP contribution in [0.25, 0.3) is 17.1 Å². The van der Waals surface area contributed by atoms with Crippen LogP contribution >= 0.6 is 11.8 Å². The molecule has 1 aromatic heterocycles. The minimum atomic E-state index is -0.929. The summed E-state index contributed by atoms with van der Waals surface area (Å²) in [6, 6.07) is 24.3. The van der Waals surface area contributed by atoms with Crippen molar-refractivity contribution in [3.63, 3.8) is 0 Å². The average molecular weight is 402 g/mol. The largest absolute Gasteiger partial charge is 0.478 e. The van der Waals surface area contributed by atoms with Gasteiger partial charge in [0.1, 0.15) is 0 Å². The van der Waals surface area contributed by atoms with E-state index in [1.165, 1.54) is 0 Å². The molecule has 4 aromatic rings. The molecule has 0 radical (unpaired) electrons. The second-order valence-electron chi connectivity index (χ2n) is 6.39. The number of nitrogens with zero attached hydrogens (tertiary/aromatic N) is 3. The second-order valence-corrected chi connectivity index (χ2v) is 7.33. The molecule has 0 bridgehead atoms. The van der Waals surface area contributed by atoms with E-state index < -0.39 is 5.97 Å². The van der Waals surface area contributed by atoms with Crippen LogP contribution in [-0.2, 0) is 5.75 Å². The SMILES string of the molecule is Nc1ccc(-c2nnc(SCc3ccc(C(=O)O)cc3)n2-c2ccccc2)cc1. The van der Waals surface area contributed by atoms with Gasteiger partial charge in [0.15, 0.2) is 11.0 Å². The number of nitrogen functional groups attached to an aromatic ring is 1. The zero-order chi connectivity index (χ0) is 20.2. The molecule has 0 saturated carbocycles. The van der Waals surface area contributed by atoms with Crippen molar-refractivity contribution in [2.24, 2.45) is 0 Å². The van der Waals surface area contributed by atoms with Crippen LogP contribution in [0.3, 0.4) is 0 Å². The number of aromatic nitrogens is 3. The molecule has 1 heterocycles. The van der Waals surface area contributed by atoms with Gasteiger partial charge in [-0.15, -0.1) is 10.2 Å². The standard InChI is InChI=1S/C22H18N4O2S/c23-18-12-10-16(11-13-18)20-24-25-22(26(20)19-4-2-1-3-5-19)29-14-15-6-8-17(9-7-15)21(27)28/h1-13H,14,23H2,(H,27,28). The maximum atomic E-state index is 11.0. The lowest BCUT2D eigenvalue weighted by molar-refractivity contribution is 0.0697. The number of nitrogens with two attached hydrogens (primary N) is 1. The Hall–Kier alpha value is -3.58. The third-order valence-corrected chi connectivity index (χ3v) is 5.39. The number of benzene rings is 3. The molecule has 0 fully saturated rings. The van der Waals surface area contributed by atoms with E-state index in [-0.39, 0.29) is 5.56 Å². The summed E-state index contributed by atoms with van der Waals surface area (Å²) in [7, 11) is 0. The lowest BCUT2D eigenvalue weighted by atomic mass is 10.1. The molecule has 4 rings (SSSR count). The summed E-state index contributed by atoms with van der Waals surface area (Å²) < 4.78 is 2.02. The average Bonchev–Trinajstić information content (AvgIpc) is 3.17. The Kier molecular flexibility index (Phi) is 5.31. The first-order valence-electron chi connectivity index (χ1n) is 8.93. The highest BCUT2D eigenvalue weighted by atomic mass is 32.2. The molecule has 0 spiro atoms. The zero-order valence-electron chi connectivity index (χ0n) is 15.4. The summed E-state index contributed by atoms with van der Waals surface area (Å²) in [6.45, 7) is 0. The van der Waals surface area contributed by atoms with Crippen LogP contribution in [0.5, 0.6) is 0 Å². The number of aromatic carboxylic acids is 1. The highest BCUT2D eigenvalue weighted by Gasteiger charge is 2.16. The fraction of sp³-hybridized carbons (Fsp3) is 0.0455. The van der Waals surface area contributed by atoms with Crippen molar-refractivity contribution in [3.05, 3.63) is 90.0 Å². The number of hydrogen-bond donors (Lipinski definition) is 2. The van der Waals surface area contributed by atoms with Crippen LogP contribution in [0.15, 0.2) is 84.0 Å². The van der Waals surface area contributed by atoms with Gasteiger partial charge in [-0.1, -0.05) is 42.1 Å². The number of para-hydroxylation sites is 1. The molecule has 7 heteroatoms. The van der Waals surface area contributed by atoms with Gasteiger partial charge in [0.25, 0.3) is 0 Å². The minimum absolute atomic E-state index is 0.275. The monoisotopic (exact) mass is 402 g/mol. The molecule has 6 nitrogen and oxygen atoms in total. The summed E-state index contributed by atoms with van der Waals surface area (Å²) in [5.74, 6) is 0.452. The van der Waals surface area contributed by atoms with Crippen molar-refractivity contribution >= 4 is 23.4 Å². The zero-order valence-corrected chi connectivity index (χ0v) is 16.2. The van der Waals surface area contributed by atoms with Gasteiger partial charge in [-0.25, -0.2) is 4.79 Å². The molecule has 0 amide bonds. The smallest absolute Gasteiger partial charge is 0.335 e. The normalized spacial score (nSPS) is 10.8. The lowest BCUT2D eigenvalue weighted by Gasteiger charge is -2.10. The summed E-state index contributed by atoms with van der Waals surface area (Å²) in [5.41, 5.74) is 9.69. The Balaban J connectivity index is 1.66. The fourth-order valence-corrected chi connectivity index (χ4v) is 3.79. The maximum Gasteiger partial charge on any atom is 0.335 e. The van der Waals surface area contributed by atoms with E-state index in [0.717, 1.165) is 27.8 Å². The van der Waals surface area contributed by atoms with E-state index in [0.29, 0.717) is 11.4 Å². The predicted octanol–water partition coefficient (Wildman–Crippen LogP) is 4.51. The summed E-state index contributed by atoms with van der Waals surface area (Å²) >= 11 is 1.55. The topological polar surface area (TPSA) is 94.0 Å². The van der Waals surface area contributed by atoms with E-state index in [4.69, 9.17) is 10.8 Å². The van der Waals surface area contributed by atoms with E-state index in [1.807, 2.05) is 71.3 Å². The molecule has 0 atom stereocenters. The Morgan fingerprint density at radius 3 is 2.28 bits per heavy atom. The lowest BCUT2D eigenvalue weighted by Crippen LogP contribution is -2.00. The van der Waals surface area contributed by atoms with Crippen molar-refractivity contribution in [1.29, 1.82) is 0 Å². The number of rotatable bonds is 6. The molecule has 0 aliphatic rings. The minimum Gasteiger partial charge on any atom is -0.478 e. The highest BCUT2D eigenvalue weighted by Crippen LogP contribution is 2.30. The Labute approximate surface area is 172 Å². The number of carboxylic acids is 1. The van der Waals surface area contributed by atoms with Gasteiger partial charge in [-0.05, 0) is 54.1 Å². The summed E-state index contributed by atoms with van der Waals surface area (Å²) in [4.78, 5) is 11.0. The van der Waals surface area contributed by atoms with Crippen molar-refractivity contribution in [1.82, 2.24) is 14.8 Å². The first-order valence-corrected chi connectivity index (χ1v) is 9.92. The number of carboxylic acid groups (broad SMARTS) is 1. The van der Waals surface area contributed by atoms with E-state index >= 15 is 0 Å². The van der Waals surface area contributed by atoms with Crippen LogP contribution in [0.1, 0.15) is 15.9 Å². The van der Waals surface area contributed by atoms with Crippen LogP contribution in [0.4, 0.5) is 5.69 Å². The molecule has 0 saturated heterocycles. The summed E-state index contributed by atoms with van der Waals surface area (Å²) in [6.07, 6.45) is 0. The summed E-state index contributed by atoms with van der Waals surface area (Å²) in [5, 5.41) is 18.6. The number of thioether (sulfide) groups is 1. The van der Waals surface area contributed by atoms with Gasteiger partial charge in [0.05, 0.1) is 5.56 Å². The third-order valence-electron chi connectivity index (χ3n) is 4.39. The molecule has 0 aliphatic carbocycles. The molecule has 0 aliphatic heterocycles. The molecular weight excluding hydrogens is 384 g/mol. The van der Waals surface area contributed by atoms with Crippen LogP contribution in [0, 0.1) is 0 Å².